The van der Waals surface area contributed by atoms with Gasteiger partial charge in [-0.15, -0.1) is 0 Å². The molecule has 1 fully saturated rings. The quantitative estimate of drug-likeness (QED) is 0.0282. The number of ether oxygens (including phenoxy) is 2. The first-order valence-corrected chi connectivity index (χ1v) is 21.8. The van der Waals surface area contributed by atoms with Crippen LogP contribution in [0.3, 0.4) is 0 Å². The van der Waals surface area contributed by atoms with Gasteiger partial charge in [0.15, 0.2) is 6.10 Å². The molecular weight excluding hydrogens is 672 g/mol. The summed E-state index contributed by atoms with van der Waals surface area (Å²) in [7, 11) is 0. The molecule has 1 aliphatic carbocycles. The van der Waals surface area contributed by atoms with Gasteiger partial charge in [0.1, 0.15) is 12.4 Å². The van der Waals surface area contributed by atoms with Crippen LogP contribution >= 0.6 is 0 Å². The lowest BCUT2D eigenvalue weighted by Crippen LogP contribution is -2.28. The molecule has 0 aromatic rings. The zero-order chi connectivity index (χ0) is 39.1. The Labute approximate surface area is 323 Å². The highest BCUT2D eigenvalue weighted by Crippen LogP contribution is 2.36. The van der Waals surface area contributed by atoms with Gasteiger partial charge in [-0.3, -0.25) is 14.4 Å². The fourth-order valence-corrected chi connectivity index (χ4v) is 7.32. The maximum absolute atomic E-state index is 12.7. The predicted molar refractivity (Wildman–Crippen MR) is 212 cm³/mol. The summed E-state index contributed by atoms with van der Waals surface area (Å²) in [4.78, 5) is 37.2. The second-order valence-electron chi connectivity index (χ2n) is 16.2. The Morgan fingerprint density at radius 3 is 1.75 bits per heavy atom. The number of carbonyl (C=O) groups is 3. The van der Waals surface area contributed by atoms with Crippen LogP contribution in [-0.2, 0) is 23.9 Å². The van der Waals surface area contributed by atoms with Crippen molar-refractivity contribution in [1.82, 2.24) is 0 Å². The third-order valence-corrected chi connectivity index (χ3v) is 10.7. The molecule has 1 rings (SSSR count). The highest BCUT2D eigenvalue weighted by molar-refractivity contribution is 5.79. The van der Waals surface area contributed by atoms with Gasteiger partial charge in [0, 0.05) is 43.9 Å². The van der Waals surface area contributed by atoms with E-state index in [9.17, 15) is 34.8 Å². The van der Waals surface area contributed by atoms with E-state index in [1.54, 1.807) is 12.2 Å². The fraction of sp³-hybridized carbons (Fsp3) is 0.886. The van der Waals surface area contributed by atoms with Crippen molar-refractivity contribution in [2.24, 2.45) is 17.8 Å². The fourth-order valence-electron chi connectivity index (χ4n) is 7.32. The van der Waals surface area contributed by atoms with E-state index in [0.717, 1.165) is 44.4 Å². The number of carbonyl (C=O) groups excluding carboxylic acids is 3. The highest BCUT2D eigenvalue weighted by Gasteiger charge is 2.41. The van der Waals surface area contributed by atoms with Crippen LogP contribution in [0.1, 0.15) is 194 Å². The van der Waals surface area contributed by atoms with E-state index >= 15 is 0 Å². The van der Waals surface area contributed by atoms with E-state index in [2.05, 4.69) is 20.8 Å². The summed E-state index contributed by atoms with van der Waals surface area (Å²) in [6.45, 7) is 6.08. The zero-order valence-corrected chi connectivity index (χ0v) is 34.0. The number of rotatable bonds is 35. The highest BCUT2D eigenvalue weighted by atomic mass is 16.6. The monoisotopic (exact) mass is 753 g/mol. The van der Waals surface area contributed by atoms with Crippen molar-refractivity contribution in [1.29, 1.82) is 0 Å². The Hall–Kier alpha value is -1.81. The van der Waals surface area contributed by atoms with Crippen LogP contribution in [0.2, 0.25) is 0 Å². The molecule has 0 unspecified atom stereocenters. The van der Waals surface area contributed by atoms with Gasteiger partial charge >= 0.3 is 11.9 Å². The van der Waals surface area contributed by atoms with Crippen LogP contribution in [0, 0.1) is 17.8 Å². The second-order valence-corrected chi connectivity index (χ2v) is 16.2. The predicted octanol–water partition coefficient (Wildman–Crippen LogP) is 9.10. The summed E-state index contributed by atoms with van der Waals surface area (Å²) in [5.74, 6) is -0.885. The first kappa shape index (κ1) is 49.2. The molecule has 0 bridgehead atoms. The average Bonchev–Trinajstić information content (AvgIpc) is 3.39. The maximum atomic E-state index is 12.7. The molecule has 9 nitrogen and oxygen atoms in total. The van der Waals surface area contributed by atoms with Gasteiger partial charge in [-0.2, -0.15) is 0 Å². The third-order valence-electron chi connectivity index (χ3n) is 10.7. The molecule has 6 atom stereocenters. The van der Waals surface area contributed by atoms with Crippen molar-refractivity contribution in [3.05, 3.63) is 12.2 Å². The Morgan fingerprint density at radius 2 is 1.19 bits per heavy atom. The third kappa shape index (κ3) is 26.6. The largest absolute Gasteiger partial charge is 0.462 e. The molecule has 310 valence electrons. The number of unbranched alkanes of at least 4 members (excludes halogenated alkanes) is 17. The van der Waals surface area contributed by atoms with Gasteiger partial charge in [-0.05, 0) is 31.6 Å². The van der Waals surface area contributed by atoms with Gasteiger partial charge in [0.2, 0.25) is 0 Å². The Bertz CT molecular complexity index is 951. The van der Waals surface area contributed by atoms with E-state index < -0.39 is 48.8 Å². The summed E-state index contributed by atoms with van der Waals surface area (Å²) in [6, 6.07) is 0. The summed E-state index contributed by atoms with van der Waals surface area (Å²) in [6.07, 6.45) is 26.2. The van der Waals surface area contributed by atoms with Crippen LogP contribution in [0.25, 0.3) is 0 Å². The Balaban J connectivity index is 2.08. The number of aliphatic hydroxyl groups is 4. The maximum Gasteiger partial charge on any atom is 0.306 e. The smallest absolute Gasteiger partial charge is 0.306 e. The van der Waals surface area contributed by atoms with Crippen LogP contribution in [0.4, 0.5) is 0 Å². The molecule has 9 heteroatoms. The van der Waals surface area contributed by atoms with Crippen molar-refractivity contribution in [3.8, 4) is 0 Å². The Kier molecular flexibility index (Phi) is 30.1. The molecule has 0 saturated heterocycles. The molecule has 0 amide bonds. The van der Waals surface area contributed by atoms with Crippen molar-refractivity contribution >= 4 is 17.7 Å². The molecule has 1 saturated carbocycles. The normalized spacial score (nSPS) is 19.9. The number of aliphatic hydroxyl groups excluding tert-OH is 4. The molecule has 53 heavy (non-hydrogen) atoms. The second kappa shape index (κ2) is 32.4. The molecule has 0 radical (unpaired) electrons. The minimum absolute atomic E-state index is 0.0482. The molecular formula is C44H80O9. The van der Waals surface area contributed by atoms with Gasteiger partial charge in [0.05, 0.1) is 24.9 Å². The standard InChI is InChI=1S/C44H80O9/c1-4-5-19-25-36(46)29-30-39-40(42(49)32-41(39)48)31-37(47)26-22-23-28-44(51)53-38(33-45)34-52-43(50)27-21-18-16-14-12-10-8-6-7-9-11-13-15-17-20-24-35(2)3/h29-30,35-36,38-42,45-46,48-49H,4-28,31-34H2,1-3H3/b30-29+/t36-,38-,39+,40+,41+,42-/m0/s1. The lowest BCUT2D eigenvalue weighted by Gasteiger charge is -2.20. The number of hydrogen-bond acceptors (Lipinski definition) is 9. The molecule has 0 aromatic carbocycles. The lowest BCUT2D eigenvalue weighted by molar-refractivity contribution is -0.161. The molecule has 1 aliphatic rings. The topological polar surface area (TPSA) is 151 Å². The summed E-state index contributed by atoms with van der Waals surface area (Å²) in [5, 5.41) is 40.7. The SMILES string of the molecule is CCCCC[C@H](O)/C=C/[C@@H]1[C@@H](CC(=O)CCCCC(=O)O[C@@H](CO)COC(=O)CCCCCCCCCCCCCCCCCC(C)C)[C@@H](O)C[C@H]1O. The first-order valence-electron chi connectivity index (χ1n) is 21.8. The zero-order valence-electron chi connectivity index (χ0n) is 34.0. The van der Waals surface area contributed by atoms with Crippen molar-refractivity contribution in [2.45, 2.75) is 219 Å². The molecule has 0 heterocycles. The van der Waals surface area contributed by atoms with Crippen LogP contribution < -0.4 is 0 Å². The van der Waals surface area contributed by atoms with Crippen molar-refractivity contribution in [2.75, 3.05) is 13.2 Å². The van der Waals surface area contributed by atoms with E-state index in [-0.39, 0.29) is 44.0 Å². The van der Waals surface area contributed by atoms with Crippen LogP contribution in [0.5, 0.6) is 0 Å². The van der Waals surface area contributed by atoms with Crippen molar-refractivity contribution < 1.29 is 44.3 Å². The number of hydrogen-bond donors (Lipinski definition) is 4. The van der Waals surface area contributed by atoms with Crippen molar-refractivity contribution in [3.63, 3.8) is 0 Å². The first-order chi connectivity index (χ1) is 25.6. The van der Waals surface area contributed by atoms with E-state index in [1.807, 2.05) is 0 Å². The lowest BCUT2D eigenvalue weighted by atomic mass is 9.87. The molecule has 0 spiro atoms. The summed E-state index contributed by atoms with van der Waals surface area (Å²) in [5.41, 5.74) is 0. The van der Waals surface area contributed by atoms with Gasteiger partial charge in [-0.25, -0.2) is 0 Å². The molecule has 4 N–H and O–H groups in total. The minimum Gasteiger partial charge on any atom is -0.462 e. The molecule has 0 aromatic heterocycles. The number of ketones is 1. The number of Topliss-reactive ketones (excluding diaryl/α,β-unsaturated/α-hetero) is 1. The van der Waals surface area contributed by atoms with Gasteiger partial charge in [-0.1, -0.05) is 148 Å². The van der Waals surface area contributed by atoms with E-state index in [1.165, 1.54) is 83.5 Å². The Morgan fingerprint density at radius 1 is 0.679 bits per heavy atom. The van der Waals surface area contributed by atoms with Crippen LogP contribution in [-0.4, -0.2) is 75.8 Å². The van der Waals surface area contributed by atoms with Crippen LogP contribution in [0.15, 0.2) is 12.2 Å². The average molecular weight is 753 g/mol. The summed E-state index contributed by atoms with van der Waals surface area (Å²) >= 11 is 0. The number of esters is 2. The van der Waals surface area contributed by atoms with E-state index in [4.69, 9.17) is 9.47 Å². The van der Waals surface area contributed by atoms with E-state index in [0.29, 0.717) is 25.7 Å². The van der Waals surface area contributed by atoms with Gasteiger partial charge < -0.3 is 29.9 Å². The van der Waals surface area contributed by atoms with Gasteiger partial charge in [0.25, 0.3) is 0 Å². The summed E-state index contributed by atoms with van der Waals surface area (Å²) < 4.78 is 10.5. The minimum atomic E-state index is -0.918. The molecule has 0 aliphatic heterocycles.